The molecular formula is C21H15Cl2N3O2S. The van der Waals surface area contributed by atoms with Crippen LogP contribution in [0, 0.1) is 0 Å². The van der Waals surface area contributed by atoms with Gasteiger partial charge in [0.25, 0.3) is 11.8 Å². The summed E-state index contributed by atoms with van der Waals surface area (Å²) in [6, 6.07) is 20.1. The lowest BCUT2D eigenvalue weighted by Gasteiger charge is -2.11. The number of benzene rings is 3. The minimum absolute atomic E-state index is 0.153. The molecule has 3 rings (SSSR count). The summed E-state index contributed by atoms with van der Waals surface area (Å²) in [5.41, 5.74) is 2.17. The van der Waals surface area contributed by atoms with Crippen molar-refractivity contribution in [3.63, 3.8) is 0 Å². The van der Waals surface area contributed by atoms with E-state index in [1.165, 1.54) is 0 Å². The Bertz CT molecular complexity index is 1050. The quantitative estimate of drug-likeness (QED) is 0.473. The van der Waals surface area contributed by atoms with Crippen molar-refractivity contribution in [1.29, 1.82) is 0 Å². The number of hydrogen-bond donors (Lipinski definition) is 3. The van der Waals surface area contributed by atoms with Gasteiger partial charge in [-0.25, -0.2) is 0 Å². The molecule has 0 aliphatic carbocycles. The Kier molecular flexibility index (Phi) is 6.82. The van der Waals surface area contributed by atoms with Gasteiger partial charge in [-0.15, -0.1) is 0 Å². The van der Waals surface area contributed by atoms with Gasteiger partial charge in [-0.3, -0.25) is 14.9 Å². The van der Waals surface area contributed by atoms with Crippen LogP contribution in [0.2, 0.25) is 10.0 Å². The molecule has 5 nitrogen and oxygen atoms in total. The van der Waals surface area contributed by atoms with E-state index in [2.05, 4.69) is 16.0 Å². The predicted molar refractivity (Wildman–Crippen MR) is 121 cm³/mol. The van der Waals surface area contributed by atoms with Crippen LogP contribution in [-0.2, 0) is 0 Å². The van der Waals surface area contributed by atoms with Crippen LogP contribution in [0.25, 0.3) is 0 Å². The number of carbonyl (C=O) groups is 2. The van der Waals surface area contributed by atoms with Gasteiger partial charge < -0.3 is 10.6 Å². The minimum atomic E-state index is -0.343. The van der Waals surface area contributed by atoms with E-state index >= 15 is 0 Å². The molecule has 8 heteroatoms. The Hall–Kier alpha value is -2.93. The number of carbonyl (C=O) groups excluding carboxylic acids is 2. The third-order valence-corrected chi connectivity index (χ3v) is 4.51. The molecule has 0 saturated carbocycles. The first-order valence-electron chi connectivity index (χ1n) is 8.45. The van der Waals surface area contributed by atoms with E-state index in [0.717, 1.165) is 0 Å². The van der Waals surface area contributed by atoms with Crippen LogP contribution in [0.4, 0.5) is 11.4 Å². The standard InChI is InChI=1S/C21H15Cl2N3O2S/c22-15-6-4-13(5-7-15)19(27)26-21(29)25-18-10-8-17(9-11-18)24-20(28)14-2-1-3-16(23)12-14/h1-12H,(H,24,28)(H2,25,26,27,29). The fraction of sp³-hybridized carbons (Fsp3) is 0. The van der Waals surface area contributed by atoms with Gasteiger partial charge in [0.15, 0.2) is 5.11 Å². The summed E-state index contributed by atoms with van der Waals surface area (Å²) in [5.74, 6) is -0.608. The van der Waals surface area contributed by atoms with Crippen molar-refractivity contribution in [2.45, 2.75) is 0 Å². The van der Waals surface area contributed by atoms with Crippen LogP contribution in [0.15, 0.2) is 72.8 Å². The molecule has 3 aromatic rings. The summed E-state index contributed by atoms with van der Waals surface area (Å²) in [6.45, 7) is 0. The molecule has 0 heterocycles. The van der Waals surface area contributed by atoms with E-state index < -0.39 is 0 Å². The smallest absolute Gasteiger partial charge is 0.257 e. The number of halogens is 2. The van der Waals surface area contributed by atoms with Gasteiger partial charge in [0, 0.05) is 32.5 Å². The number of thiocarbonyl (C=S) groups is 1. The van der Waals surface area contributed by atoms with Gasteiger partial charge >= 0.3 is 0 Å². The lowest BCUT2D eigenvalue weighted by molar-refractivity contribution is 0.0976. The zero-order chi connectivity index (χ0) is 20.8. The van der Waals surface area contributed by atoms with Crippen LogP contribution in [0.1, 0.15) is 20.7 Å². The molecule has 3 N–H and O–H groups in total. The van der Waals surface area contributed by atoms with Gasteiger partial charge in [-0.2, -0.15) is 0 Å². The molecule has 2 amide bonds. The first-order chi connectivity index (χ1) is 13.9. The van der Waals surface area contributed by atoms with E-state index in [4.69, 9.17) is 35.4 Å². The van der Waals surface area contributed by atoms with E-state index in [1.54, 1.807) is 72.8 Å². The molecular weight excluding hydrogens is 429 g/mol. The molecule has 0 unspecified atom stereocenters. The van der Waals surface area contributed by atoms with Gasteiger partial charge in [-0.05, 0) is 78.9 Å². The van der Waals surface area contributed by atoms with E-state index in [1.807, 2.05) is 0 Å². The highest BCUT2D eigenvalue weighted by molar-refractivity contribution is 7.80. The second-order valence-electron chi connectivity index (χ2n) is 5.96. The highest BCUT2D eigenvalue weighted by atomic mass is 35.5. The molecule has 0 aliphatic heterocycles. The largest absolute Gasteiger partial charge is 0.332 e. The number of anilines is 2. The Balaban J connectivity index is 1.55. The summed E-state index contributed by atoms with van der Waals surface area (Å²) in [7, 11) is 0. The number of rotatable bonds is 4. The van der Waals surface area contributed by atoms with Crippen molar-refractivity contribution in [3.05, 3.63) is 94.0 Å². The second kappa shape index (κ2) is 9.52. The molecule has 146 valence electrons. The van der Waals surface area contributed by atoms with Crippen molar-refractivity contribution >= 4 is 63.7 Å². The average molecular weight is 444 g/mol. The van der Waals surface area contributed by atoms with Gasteiger partial charge in [-0.1, -0.05) is 29.3 Å². The van der Waals surface area contributed by atoms with Gasteiger partial charge in [0.2, 0.25) is 0 Å². The molecule has 0 saturated heterocycles. The normalized spacial score (nSPS) is 10.1. The van der Waals surface area contributed by atoms with Crippen molar-refractivity contribution in [1.82, 2.24) is 5.32 Å². The second-order valence-corrected chi connectivity index (χ2v) is 7.24. The summed E-state index contributed by atoms with van der Waals surface area (Å²) < 4.78 is 0. The van der Waals surface area contributed by atoms with Crippen molar-refractivity contribution in [3.8, 4) is 0 Å². The van der Waals surface area contributed by atoms with Crippen molar-refractivity contribution in [2.75, 3.05) is 10.6 Å². The van der Waals surface area contributed by atoms with E-state index in [-0.39, 0.29) is 16.9 Å². The molecule has 29 heavy (non-hydrogen) atoms. The predicted octanol–water partition coefficient (Wildman–Crippen LogP) is 5.37. The summed E-state index contributed by atoms with van der Waals surface area (Å²) in [6.07, 6.45) is 0. The SMILES string of the molecule is O=C(NC(=S)Nc1ccc(NC(=O)c2cccc(Cl)c2)cc1)c1ccc(Cl)cc1. The molecule has 0 radical (unpaired) electrons. The molecule has 0 aliphatic rings. The van der Waals surface area contributed by atoms with Crippen LogP contribution >= 0.6 is 35.4 Å². The molecule has 0 bridgehead atoms. The van der Waals surface area contributed by atoms with Crippen LogP contribution in [-0.4, -0.2) is 16.9 Å². The monoisotopic (exact) mass is 443 g/mol. The molecule has 0 aromatic heterocycles. The Morgan fingerprint density at radius 1 is 0.690 bits per heavy atom. The topological polar surface area (TPSA) is 70.2 Å². The molecule has 0 atom stereocenters. The highest BCUT2D eigenvalue weighted by Crippen LogP contribution is 2.16. The third kappa shape index (κ3) is 6.02. The fourth-order valence-corrected chi connectivity index (χ4v) is 2.94. The average Bonchev–Trinajstić information content (AvgIpc) is 2.70. The minimum Gasteiger partial charge on any atom is -0.332 e. The third-order valence-electron chi connectivity index (χ3n) is 3.82. The number of hydrogen-bond acceptors (Lipinski definition) is 3. The Labute approximate surface area is 183 Å². The van der Waals surface area contributed by atoms with E-state index in [9.17, 15) is 9.59 Å². The zero-order valence-corrected chi connectivity index (χ0v) is 17.2. The Morgan fingerprint density at radius 3 is 1.93 bits per heavy atom. The van der Waals surface area contributed by atoms with Crippen LogP contribution < -0.4 is 16.0 Å². The van der Waals surface area contributed by atoms with E-state index in [0.29, 0.717) is 32.5 Å². The molecule has 0 spiro atoms. The van der Waals surface area contributed by atoms with Crippen LogP contribution in [0.3, 0.4) is 0 Å². The maximum Gasteiger partial charge on any atom is 0.257 e. The van der Waals surface area contributed by atoms with Gasteiger partial charge in [0.1, 0.15) is 0 Å². The van der Waals surface area contributed by atoms with Crippen LogP contribution in [0.5, 0.6) is 0 Å². The van der Waals surface area contributed by atoms with Crippen molar-refractivity contribution < 1.29 is 9.59 Å². The first-order valence-corrected chi connectivity index (χ1v) is 9.62. The number of nitrogens with one attached hydrogen (secondary N) is 3. The zero-order valence-electron chi connectivity index (χ0n) is 14.9. The maximum atomic E-state index is 12.2. The highest BCUT2D eigenvalue weighted by Gasteiger charge is 2.09. The van der Waals surface area contributed by atoms with Crippen molar-refractivity contribution in [2.24, 2.45) is 0 Å². The summed E-state index contributed by atoms with van der Waals surface area (Å²) in [4.78, 5) is 24.4. The summed E-state index contributed by atoms with van der Waals surface area (Å²) >= 11 is 16.9. The summed E-state index contributed by atoms with van der Waals surface area (Å²) in [5, 5.41) is 9.49. The molecule has 3 aromatic carbocycles. The number of amides is 2. The lowest BCUT2D eigenvalue weighted by Crippen LogP contribution is -2.34. The molecule has 0 fully saturated rings. The first kappa shape index (κ1) is 20.8. The van der Waals surface area contributed by atoms with Gasteiger partial charge in [0.05, 0.1) is 0 Å². The maximum absolute atomic E-state index is 12.2. The Morgan fingerprint density at radius 2 is 1.31 bits per heavy atom. The fourth-order valence-electron chi connectivity index (χ4n) is 2.41. The lowest BCUT2D eigenvalue weighted by atomic mass is 10.2.